The summed E-state index contributed by atoms with van der Waals surface area (Å²) in [6.07, 6.45) is 0. The highest BCUT2D eigenvalue weighted by molar-refractivity contribution is 6.12. The van der Waals surface area contributed by atoms with Crippen LogP contribution in [0.25, 0.3) is 86.9 Å². The van der Waals surface area contributed by atoms with Crippen molar-refractivity contribution in [2.45, 2.75) is 0 Å². The number of hydrogen-bond donors (Lipinski definition) is 0. The molecule has 0 aliphatic carbocycles. The second kappa shape index (κ2) is 11.4. The zero-order valence-electron chi connectivity index (χ0n) is 26.7. The molecule has 0 saturated carbocycles. The Labute approximate surface area is 288 Å². The molecule has 0 saturated heterocycles. The summed E-state index contributed by atoms with van der Waals surface area (Å²) < 4.78 is 4.42. The molecule has 0 amide bonds. The highest BCUT2D eigenvalue weighted by Crippen LogP contribution is 2.42. The molecule has 5 heteroatoms. The van der Waals surface area contributed by atoms with Crippen LogP contribution >= 0.6 is 0 Å². The van der Waals surface area contributed by atoms with Crippen LogP contribution in [0.3, 0.4) is 0 Å². The number of nitrogens with zero attached hydrogens (tertiary/aromatic N) is 5. The fourth-order valence-corrected chi connectivity index (χ4v) is 7.33. The van der Waals surface area contributed by atoms with E-state index in [0.29, 0.717) is 16.9 Å². The first-order valence-electron chi connectivity index (χ1n) is 16.2. The van der Waals surface area contributed by atoms with E-state index in [4.69, 9.17) is 13.1 Å². The standard InChI is InChI=1S/C45H25N5/c1-47-33-21-25-44-39(27-33)38-26-29(28-46)14-24-43(38)50(44)45-35(10-7-11-40(45)48-2)32-17-15-30(16-18-32)31-19-22-34(23-20-31)49-41-12-5-3-8-36(41)37-9-4-6-13-42(37)49/h3-27H. The molecule has 0 unspecified atom stereocenters. The molecule has 230 valence electrons. The first-order chi connectivity index (χ1) is 24.7. The van der Waals surface area contributed by atoms with Crippen molar-refractivity contribution < 1.29 is 0 Å². The second-order valence-electron chi connectivity index (χ2n) is 12.3. The van der Waals surface area contributed by atoms with Crippen LogP contribution in [0.5, 0.6) is 0 Å². The van der Waals surface area contributed by atoms with Crippen molar-refractivity contribution in [3.8, 4) is 39.7 Å². The van der Waals surface area contributed by atoms with Gasteiger partial charge in [-0.15, -0.1) is 0 Å². The lowest BCUT2D eigenvalue weighted by Gasteiger charge is -2.16. The van der Waals surface area contributed by atoms with Gasteiger partial charge >= 0.3 is 0 Å². The average molecular weight is 636 g/mol. The van der Waals surface area contributed by atoms with Gasteiger partial charge in [0.25, 0.3) is 0 Å². The summed E-state index contributed by atoms with van der Waals surface area (Å²) >= 11 is 0. The van der Waals surface area contributed by atoms with Gasteiger partial charge in [0.2, 0.25) is 5.69 Å². The van der Waals surface area contributed by atoms with E-state index in [1.807, 2.05) is 42.5 Å². The fourth-order valence-electron chi connectivity index (χ4n) is 7.33. The van der Waals surface area contributed by atoms with Crippen LogP contribution < -0.4 is 0 Å². The van der Waals surface area contributed by atoms with Crippen LogP contribution in [-0.2, 0) is 0 Å². The van der Waals surface area contributed by atoms with Crippen molar-refractivity contribution in [1.82, 2.24) is 9.13 Å². The van der Waals surface area contributed by atoms with Crippen molar-refractivity contribution in [2.24, 2.45) is 0 Å². The Morgan fingerprint density at radius 3 is 1.70 bits per heavy atom. The molecule has 0 bridgehead atoms. The van der Waals surface area contributed by atoms with Crippen LogP contribution in [0.2, 0.25) is 0 Å². The molecule has 0 aliphatic heterocycles. The number of fused-ring (bicyclic) bond motifs is 6. The topological polar surface area (TPSA) is 42.4 Å². The Kier molecular flexibility index (Phi) is 6.56. The Balaban J connectivity index is 1.14. The third kappa shape index (κ3) is 4.38. The van der Waals surface area contributed by atoms with E-state index in [1.165, 1.54) is 21.8 Å². The highest BCUT2D eigenvalue weighted by atomic mass is 15.0. The predicted molar refractivity (Wildman–Crippen MR) is 203 cm³/mol. The number of aromatic nitrogens is 2. The Bertz CT molecular complexity index is 2810. The molecule has 0 radical (unpaired) electrons. The first-order valence-corrected chi connectivity index (χ1v) is 16.2. The minimum absolute atomic E-state index is 0.518. The van der Waals surface area contributed by atoms with Crippen LogP contribution in [-0.4, -0.2) is 9.13 Å². The van der Waals surface area contributed by atoms with Gasteiger partial charge < -0.3 is 9.13 Å². The van der Waals surface area contributed by atoms with Gasteiger partial charge in [0, 0.05) is 21.8 Å². The maximum absolute atomic E-state index is 9.66. The third-order valence-corrected chi connectivity index (χ3v) is 9.60. The molecule has 0 atom stereocenters. The van der Waals surface area contributed by atoms with Crippen molar-refractivity contribution in [1.29, 1.82) is 5.26 Å². The normalized spacial score (nSPS) is 11.1. The van der Waals surface area contributed by atoms with E-state index in [1.54, 1.807) is 12.1 Å². The molecule has 0 aliphatic rings. The summed E-state index contributed by atoms with van der Waals surface area (Å²) in [5, 5.41) is 13.9. The molecule has 7 aromatic carbocycles. The number of para-hydroxylation sites is 3. The zero-order chi connectivity index (χ0) is 33.8. The zero-order valence-corrected chi connectivity index (χ0v) is 26.7. The molecule has 9 rings (SSSR count). The quantitative estimate of drug-likeness (QED) is 0.177. The molecule has 2 aromatic heterocycles. The van der Waals surface area contributed by atoms with Crippen molar-refractivity contribution >= 4 is 55.0 Å². The molecule has 5 nitrogen and oxygen atoms in total. The lowest BCUT2D eigenvalue weighted by Crippen LogP contribution is -1.98. The fraction of sp³-hybridized carbons (Fsp3) is 0. The van der Waals surface area contributed by atoms with Crippen LogP contribution in [0.4, 0.5) is 11.4 Å². The maximum atomic E-state index is 9.66. The Morgan fingerprint density at radius 2 is 1.06 bits per heavy atom. The third-order valence-electron chi connectivity index (χ3n) is 9.60. The van der Waals surface area contributed by atoms with Crippen LogP contribution in [0, 0.1) is 24.5 Å². The number of benzene rings is 7. The smallest absolute Gasteiger partial charge is 0.211 e. The van der Waals surface area contributed by atoms with E-state index < -0.39 is 0 Å². The largest absolute Gasteiger partial charge is 0.318 e. The van der Waals surface area contributed by atoms with Gasteiger partial charge in [-0.25, -0.2) is 9.69 Å². The van der Waals surface area contributed by atoms with E-state index >= 15 is 0 Å². The lowest BCUT2D eigenvalue weighted by atomic mass is 9.98. The van der Waals surface area contributed by atoms with Gasteiger partial charge in [-0.05, 0) is 82.2 Å². The van der Waals surface area contributed by atoms with Crippen LogP contribution in [0.15, 0.2) is 152 Å². The monoisotopic (exact) mass is 635 g/mol. The van der Waals surface area contributed by atoms with Gasteiger partial charge in [-0.2, -0.15) is 5.26 Å². The molecule has 50 heavy (non-hydrogen) atoms. The molecule has 0 spiro atoms. The SMILES string of the molecule is [C-]#[N+]c1ccc2c(c1)c1cc(C#N)ccc1n2-c1c([N+]#[C-])cccc1-c1ccc(-c2ccc(-n3c4ccccc4c4ccccc43)cc2)cc1. The summed E-state index contributed by atoms with van der Waals surface area (Å²) in [4.78, 5) is 7.60. The molecule has 0 fully saturated rings. The highest BCUT2D eigenvalue weighted by Gasteiger charge is 2.20. The predicted octanol–water partition coefficient (Wildman–Crippen LogP) is 12.2. The van der Waals surface area contributed by atoms with E-state index in [0.717, 1.165) is 55.4 Å². The molecular formula is C45H25N5. The number of hydrogen-bond acceptors (Lipinski definition) is 1. The second-order valence-corrected chi connectivity index (χ2v) is 12.3. The van der Waals surface area contributed by atoms with E-state index in [9.17, 15) is 5.26 Å². The maximum Gasteiger partial charge on any atom is 0.211 e. The number of rotatable bonds is 4. The molecule has 0 N–H and O–H groups in total. The summed E-state index contributed by atoms with van der Waals surface area (Å²) in [5.41, 5.74) is 11.7. The Hall–Kier alpha value is -7.39. The van der Waals surface area contributed by atoms with Crippen molar-refractivity contribution in [3.63, 3.8) is 0 Å². The van der Waals surface area contributed by atoms with Crippen molar-refractivity contribution in [2.75, 3.05) is 0 Å². The number of nitriles is 1. The minimum Gasteiger partial charge on any atom is -0.318 e. The van der Waals surface area contributed by atoms with Crippen molar-refractivity contribution in [3.05, 3.63) is 180 Å². The van der Waals surface area contributed by atoms with Gasteiger partial charge in [-0.1, -0.05) is 97.1 Å². The van der Waals surface area contributed by atoms with Crippen LogP contribution in [0.1, 0.15) is 5.56 Å². The van der Waals surface area contributed by atoms with Gasteiger partial charge in [-0.3, -0.25) is 0 Å². The van der Waals surface area contributed by atoms with E-state index in [-0.39, 0.29) is 0 Å². The molecule has 9 aromatic rings. The van der Waals surface area contributed by atoms with Gasteiger partial charge in [0.1, 0.15) is 0 Å². The lowest BCUT2D eigenvalue weighted by molar-refractivity contribution is 1.18. The van der Waals surface area contributed by atoms with Gasteiger partial charge in [0.15, 0.2) is 5.69 Å². The summed E-state index contributed by atoms with van der Waals surface area (Å²) in [6.45, 7) is 15.7. The summed E-state index contributed by atoms with van der Waals surface area (Å²) in [7, 11) is 0. The molecular weight excluding hydrogens is 611 g/mol. The average Bonchev–Trinajstić information content (AvgIpc) is 3.69. The Morgan fingerprint density at radius 1 is 0.480 bits per heavy atom. The summed E-state index contributed by atoms with van der Waals surface area (Å²) in [5.74, 6) is 0. The summed E-state index contributed by atoms with van der Waals surface area (Å²) in [6, 6.07) is 53.5. The van der Waals surface area contributed by atoms with E-state index in [2.05, 4.69) is 122 Å². The molecule has 2 heterocycles. The minimum atomic E-state index is 0.518. The first kappa shape index (κ1) is 28.8. The van der Waals surface area contributed by atoms with Gasteiger partial charge in [0.05, 0.1) is 52.5 Å².